The van der Waals surface area contributed by atoms with Crippen molar-refractivity contribution in [2.45, 2.75) is 26.8 Å². The number of benzene rings is 1. The molecule has 1 aliphatic heterocycles. The summed E-state index contributed by atoms with van der Waals surface area (Å²) in [4.78, 5) is 11.9. The second-order valence-electron chi connectivity index (χ2n) is 5.17. The Hall–Kier alpha value is -1.55. The summed E-state index contributed by atoms with van der Waals surface area (Å²) in [6.07, 6.45) is 0.937. The molecule has 4 heteroatoms. The van der Waals surface area contributed by atoms with Crippen molar-refractivity contribution < 1.29 is 9.53 Å². The smallest absolute Gasteiger partial charge is 0.224 e. The van der Waals surface area contributed by atoms with Gasteiger partial charge in [-0.15, -0.1) is 0 Å². The molecule has 1 aromatic rings. The highest BCUT2D eigenvalue weighted by molar-refractivity contribution is 5.79. The van der Waals surface area contributed by atoms with E-state index in [4.69, 9.17) is 4.74 Å². The number of aryl methyl sites for hydroxylation is 2. The van der Waals surface area contributed by atoms with Gasteiger partial charge in [0.1, 0.15) is 5.75 Å². The van der Waals surface area contributed by atoms with Gasteiger partial charge in [-0.2, -0.15) is 0 Å². The molecule has 0 radical (unpaired) electrons. The lowest BCUT2D eigenvalue weighted by Crippen LogP contribution is -2.31. The van der Waals surface area contributed by atoms with Crippen LogP contribution in [0.2, 0.25) is 0 Å². The van der Waals surface area contributed by atoms with Crippen LogP contribution in [0.25, 0.3) is 0 Å². The van der Waals surface area contributed by atoms with Gasteiger partial charge in [-0.3, -0.25) is 4.79 Å². The van der Waals surface area contributed by atoms with Crippen molar-refractivity contribution in [1.29, 1.82) is 0 Å². The second kappa shape index (κ2) is 6.06. The van der Waals surface area contributed by atoms with E-state index in [1.165, 1.54) is 0 Å². The van der Waals surface area contributed by atoms with Gasteiger partial charge in [-0.1, -0.05) is 12.1 Å². The highest BCUT2D eigenvalue weighted by Gasteiger charge is 2.21. The normalized spacial score (nSPS) is 18.4. The molecule has 1 unspecified atom stereocenters. The van der Waals surface area contributed by atoms with E-state index >= 15 is 0 Å². The number of amides is 1. The highest BCUT2D eigenvalue weighted by atomic mass is 16.5. The number of hydrogen-bond donors (Lipinski definition) is 2. The summed E-state index contributed by atoms with van der Waals surface area (Å²) in [5.74, 6) is 1.20. The zero-order chi connectivity index (χ0) is 13.8. The van der Waals surface area contributed by atoms with Crippen molar-refractivity contribution in [3.8, 4) is 5.75 Å². The molecule has 2 rings (SSSR count). The maximum absolute atomic E-state index is 11.9. The molecular formula is C15H22N2O2. The molecule has 19 heavy (non-hydrogen) atoms. The molecule has 2 N–H and O–H groups in total. The second-order valence-corrected chi connectivity index (χ2v) is 5.17. The van der Waals surface area contributed by atoms with Crippen molar-refractivity contribution in [3.05, 3.63) is 28.8 Å². The summed E-state index contributed by atoms with van der Waals surface area (Å²) in [6.45, 7) is 6.38. The van der Waals surface area contributed by atoms with Crippen molar-refractivity contribution in [2.75, 3.05) is 20.2 Å². The molecule has 1 aliphatic rings. The van der Waals surface area contributed by atoms with Crippen LogP contribution in [-0.2, 0) is 11.3 Å². The Balaban J connectivity index is 1.97. The van der Waals surface area contributed by atoms with Gasteiger partial charge in [-0.05, 0) is 43.5 Å². The van der Waals surface area contributed by atoms with Crippen LogP contribution in [-0.4, -0.2) is 26.1 Å². The van der Waals surface area contributed by atoms with Gasteiger partial charge in [0.25, 0.3) is 0 Å². The van der Waals surface area contributed by atoms with Gasteiger partial charge in [0.2, 0.25) is 5.91 Å². The standard InChI is InChI=1S/C15H22N2O2/c1-10-6-12(7-11(2)14(10)19-3)8-17-15(18)13-4-5-16-9-13/h6-7,13,16H,4-5,8-9H2,1-3H3,(H,17,18). The van der Waals surface area contributed by atoms with Crippen LogP contribution in [0.1, 0.15) is 23.1 Å². The van der Waals surface area contributed by atoms with E-state index in [-0.39, 0.29) is 11.8 Å². The summed E-state index contributed by atoms with van der Waals surface area (Å²) in [5.41, 5.74) is 3.33. The minimum Gasteiger partial charge on any atom is -0.496 e. The van der Waals surface area contributed by atoms with E-state index in [2.05, 4.69) is 22.8 Å². The summed E-state index contributed by atoms with van der Waals surface area (Å²) in [5, 5.41) is 6.22. The molecule has 1 heterocycles. The van der Waals surface area contributed by atoms with Gasteiger partial charge in [0.15, 0.2) is 0 Å². The van der Waals surface area contributed by atoms with E-state index in [1.54, 1.807) is 7.11 Å². The van der Waals surface area contributed by atoms with Crippen molar-refractivity contribution >= 4 is 5.91 Å². The predicted molar refractivity (Wildman–Crippen MR) is 75.3 cm³/mol. The topological polar surface area (TPSA) is 50.4 Å². The fourth-order valence-electron chi connectivity index (χ4n) is 2.68. The molecule has 0 bridgehead atoms. The SMILES string of the molecule is COc1c(C)cc(CNC(=O)C2CCNC2)cc1C. The molecule has 4 nitrogen and oxygen atoms in total. The van der Waals surface area contributed by atoms with Crippen molar-refractivity contribution in [2.24, 2.45) is 5.92 Å². The molecular weight excluding hydrogens is 240 g/mol. The van der Waals surface area contributed by atoms with Crippen LogP contribution in [0.3, 0.4) is 0 Å². The van der Waals surface area contributed by atoms with Crippen LogP contribution in [0.5, 0.6) is 5.75 Å². The Morgan fingerprint density at radius 2 is 2.11 bits per heavy atom. The molecule has 104 valence electrons. The lowest BCUT2D eigenvalue weighted by atomic mass is 10.0. The molecule has 1 atom stereocenters. The van der Waals surface area contributed by atoms with Crippen LogP contribution >= 0.6 is 0 Å². The molecule has 1 saturated heterocycles. The largest absolute Gasteiger partial charge is 0.496 e. The third-order valence-electron chi connectivity index (χ3n) is 3.62. The Morgan fingerprint density at radius 3 is 2.63 bits per heavy atom. The minimum atomic E-state index is 0.125. The maximum Gasteiger partial charge on any atom is 0.224 e. The Bertz CT molecular complexity index is 442. The fraction of sp³-hybridized carbons (Fsp3) is 0.533. The Morgan fingerprint density at radius 1 is 1.42 bits per heavy atom. The number of carbonyl (C=O) groups excluding carboxylic acids is 1. The first kappa shape index (κ1) is 13.9. The number of hydrogen-bond acceptors (Lipinski definition) is 3. The van der Waals surface area contributed by atoms with Crippen LogP contribution in [0.15, 0.2) is 12.1 Å². The third kappa shape index (κ3) is 3.26. The van der Waals surface area contributed by atoms with Gasteiger partial charge >= 0.3 is 0 Å². The lowest BCUT2D eigenvalue weighted by molar-refractivity contribution is -0.124. The first-order valence-electron chi connectivity index (χ1n) is 6.74. The first-order chi connectivity index (χ1) is 9.11. The van der Waals surface area contributed by atoms with Crippen LogP contribution < -0.4 is 15.4 Å². The zero-order valence-corrected chi connectivity index (χ0v) is 11.9. The zero-order valence-electron chi connectivity index (χ0n) is 11.9. The van der Waals surface area contributed by atoms with Crippen molar-refractivity contribution in [3.63, 3.8) is 0 Å². The molecule has 0 aliphatic carbocycles. The summed E-state index contributed by atoms with van der Waals surface area (Å²) in [6, 6.07) is 4.14. The van der Waals surface area contributed by atoms with Crippen LogP contribution in [0, 0.1) is 19.8 Å². The van der Waals surface area contributed by atoms with E-state index in [0.717, 1.165) is 42.0 Å². The highest BCUT2D eigenvalue weighted by Crippen LogP contribution is 2.24. The first-order valence-corrected chi connectivity index (χ1v) is 6.74. The molecule has 1 fully saturated rings. The Labute approximate surface area is 114 Å². The van der Waals surface area contributed by atoms with Crippen molar-refractivity contribution in [1.82, 2.24) is 10.6 Å². The minimum absolute atomic E-state index is 0.125. The van der Waals surface area contributed by atoms with E-state index < -0.39 is 0 Å². The molecule has 1 aromatic carbocycles. The predicted octanol–water partition coefficient (Wildman–Crippen LogP) is 1.54. The Kier molecular flexibility index (Phi) is 4.43. The number of ether oxygens (including phenoxy) is 1. The average molecular weight is 262 g/mol. The third-order valence-corrected chi connectivity index (χ3v) is 3.62. The molecule has 0 aromatic heterocycles. The number of methoxy groups -OCH3 is 1. The van der Waals surface area contributed by atoms with Crippen LogP contribution in [0.4, 0.5) is 0 Å². The number of rotatable bonds is 4. The molecule has 0 spiro atoms. The van der Waals surface area contributed by atoms with Gasteiger partial charge < -0.3 is 15.4 Å². The quantitative estimate of drug-likeness (QED) is 0.865. The van der Waals surface area contributed by atoms with E-state index in [1.807, 2.05) is 13.8 Å². The van der Waals surface area contributed by atoms with E-state index in [0.29, 0.717) is 6.54 Å². The molecule has 1 amide bonds. The maximum atomic E-state index is 11.9. The average Bonchev–Trinajstić information content (AvgIpc) is 2.89. The fourth-order valence-corrected chi connectivity index (χ4v) is 2.68. The van der Waals surface area contributed by atoms with E-state index in [9.17, 15) is 4.79 Å². The monoisotopic (exact) mass is 262 g/mol. The summed E-state index contributed by atoms with van der Waals surface area (Å²) < 4.78 is 5.34. The van der Waals surface area contributed by atoms with Gasteiger partial charge in [0, 0.05) is 13.1 Å². The number of carbonyl (C=O) groups is 1. The lowest BCUT2D eigenvalue weighted by Gasteiger charge is -2.13. The molecule has 0 saturated carbocycles. The summed E-state index contributed by atoms with van der Waals surface area (Å²) >= 11 is 0. The van der Waals surface area contributed by atoms with Gasteiger partial charge in [0.05, 0.1) is 13.0 Å². The number of nitrogens with one attached hydrogen (secondary N) is 2. The van der Waals surface area contributed by atoms with Gasteiger partial charge in [-0.25, -0.2) is 0 Å². The summed E-state index contributed by atoms with van der Waals surface area (Å²) in [7, 11) is 1.68.